The van der Waals surface area contributed by atoms with Crippen molar-refractivity contribution >= 4 is 32.3 Å². The van der Waals surface area contributed by atoms with Crippen molar-refractivity contribution in [2.75, 3.05) is 0 Å². The van der Waals surface area contributed by atoms with Gasteiger partial charge in [-0.15, -0.1) is 0 Å². The van der Waals surface area contributed by atoms with Crippen molar-refractivity contribution in [3.05, 3.63) is 96.1 Å². The third-order valence-electron chi connectivity index (χ3n) is 6.37. The molecule has 0 unspecified atom stereocenters. The predicted octanol–water partition coefficient (Wildman–Crippen LogP) is 7.45. The number of hydrogen-bond acceptors (Lipinski definition) is 0. The first-order chi connectivity index (χ1) is 13.2. The minimum Gasteiger partial charge on any atom is -0.0619 e. The number of hydrogen-bond donors (Lipinski definition) is 0. The molecule has 0 aromatic heterocycles. The van der Waals surface area contributed by atoms with Crippen molar-refractivity contribution in [2.45, 2.75) is 19.3 Å². The maximum Gasteiger partial charge on any atom is 0.0165 e. The van der Waals surface area contributed by atoms with Crippen LogP contribution in [-0.2, 0) is 5.41 Å². The molecule has 0 radical (unpaired) electrons. The van der Waals surface area contributed by atoms with Crippen LogP contribution in [0.3, 0.4) is 0 Å². The van der Waals surface area contributed by atoms with Gasteiger partial charge in [0.1, 0.15) is 0 Å². The SMILES string of the molecule is CC1(C)c2ccccc2-c2c3ccccc3cc3cc4ccccc4c1c23. The summed E-state index contributed by atoms with van der Waals surface area (Å²) in [6.45, 7) is 4.76. The maximum absolute atomic E-state index is 2.38. The first-order valence-corrected chi connectivity index (χ1v) is 9.64. The second kappa shape index (κ2) is 4.98. The third kappa shape index (κ3) is 1.83. The Morgan fingerprint density at radius 1 is 0.593 bits per heavy atom. The molecule has 0 fully saturated rings. The van der Waals surface area contributed by atoms with Gasteiger partial charge in [-0.05, 0) is 66.7 Å². The van der Waals surface area contributed by atoms with Crippen LogP contribution in [0.4, 0.5) is 0 Å². The molecule has 0 atom stereocenters. The number of fused-ring (bicyclic) bond motifs is 6. The second-order valence-electron chi connectivity index (χ2n) is 8.21. The molecule has 0 bridgehead atoms. The molecule has 0 aliphatic heterocycles. The lowest BCUT2D eigenvalue weighted by Gasteiger charge is -2.36. The fourth-order valence-corrected chi connectivity index (χ4v) is 5.21. The summed E-state index contributed by atoms with van der Waals surface area (Å²) < 4.78 is 0. The van der Waals surface area contributed by atoms with Crippen LogP contribution in [0.1, 0.15) is 25.0 Å². The third-order valence-corrected chi connectivity index (χ3v) is 6.37. The molecule has 0 spiro atoms. The van der Waals surface area contributed by atoms with Crippen LogP contribution < -0.4 is 0 Å². The molecule has 27 heavy (non-hydrogen) atoms. The molecule has 0 amide bonds. The molecule has 5 aromatic rings. The summed E-state index contributed by atoms with van der Waals surface area (Å²) in [5.41, 5.74) is 5.64. The van der Waals surface area contributed by atoms with Crippen molar-refractivity contribution in [1.82, 2.24) is 0 Å². The zero-order valence-electron chi connectivity index (χ0n) is 15.6. The fourth-order valence-electron chi connectivity index (χ4n) is 5.21. The highest BCUT2D eigenvalue weighted by atomic mass is 14.4. The van der Waals surface area contributed by atoms with Gasteiger partial charge in [-0.25, -0.2) is 0 Å². The molecule has 0 nitrogen and oxygen atoms in total. The van der Waals surface area contributed by atoms with Crippen LogP contribution in [0.15, 0.2) is 84.9 Å². The zero-order valence-corrected chi connectivity index (χ0v) is 15.6. The molecule has 6 rings (SSSR count). The summed E-state index contributed by atoms with van der Waals surface area (Å²) >= 11 is 0. The molecule has 128 valence electrons. The molecule has 0 heteroatoms. The van der Waals surface area contributed by atoms with E-state index in [1.165, 1.54) is 54.6 Å². The molecule has 0 saturated carbocycles. The maximum atomic E-state index is 2.38. The van der Waals surface area contributed by atoms with Gasteiger partial charge >= 0.3 is 0 Å². The Hall–Kier alpha value is -3.12. The van der Waals surface area contributed by atoms with Gasteiger partial charge in [-0.1, -0.05) is 86.6 Å². The monoisotopic (exact) mass is 344 g/mol. The highest BCUT2D eigenvalue weighted by Crippen LogP contribution is 2.53. The Bertz CT molecular complexity index is 1380. The molecule has 0 N–H and O–H groups in total. The molecule has 5 aromatic carbocycles. The lowest BCUT2D eigenvalue weighted by atomic mass is 9.66. The smallest absolute Gasteiger partial charge is 0.0165 e. The lowest BCUT2D eigenvalue weighted by Crippen LogP contribution is -2.24. The largest absolute Gasteiger partial charge is 0.0619 e. The minimum absolute atomic E-state index is 0.0365. The van der Waals surface area contributed by atoms with Gasteiger partial charge in [-0.3, -0.25) is 0 Å². The van der Waals surface area contributed by atoms with E-state index in [0.29, 0.717) is 0 Å². The van der Waals surface area contributed by atoms with Crippen LogP contribution in [0, 0.1) is 0 Å². The van der Waals surface area contributed by atoms with Gasteiger partial charge in [0.25, 0.3) is 0 Å². The second-order valence-corrected chi connectivity index (χ2v) is 8.21. The Kier molecular flexibility index (Phi) is 2.77. The zero-order chi connectivity index (χ0) is 18.2. The highest BCUT2D eigenvalue weighted by molar-refractivity contribution is 6.20. The topological polar surface area (TPSA) is 0 Å². The van der Waals surface area contributed by atoms with Gasteiger partial charge < -0.3 is 0 Å². The van der Waals surface area contributed by atoms with Crippen LogP contribution in [0.2, 0.25) is 0 Å². The van der Waals surface area contributed by atoms with Crippen LogP contribution >= 0.6 is 0 Å². The van der Waals surface area contributed by atoms with Crippen molar-refractivity contribution in [2.24, 2.45) is 0 Å². The first-order valence-electron chi connectivity index (χ1n) is 9.64. The molecular weight excluding hydrogens is 324 g/mol. The molecular formula is C27H20. The van der Waals surface area contributed by atoms with E-state index in [9.17, 15) is 0 Å². The van der Waals surface area contributed by atoms with E-state index < -0.39 is 0 Å². The fraction of sp³-hybridized carbons (Fsp3) is 0.111. The van der Waals surface area contributed by atoms with E-state index in [1.807, 2.05) is 0 Å². The van der Waals surface area contributed by atoms with E-state index in [0.717, 1.165) is 0 Å². The van der Waals surface area contributed by atoms with E-state index in [1.54, 1.807) is 0 Å². The van der Waals surface area contributed by atoms with Gasteiger partial charge in [0.2, 0.25) is 0 Å². The predicted molar refractivity (Wildman–Crippen MR) is 117 cm³/mol. The van der Waals surface area contributed by atoms with Crippen molar-refractivity contribution in [3.8, 4) is 11.1 Å². The summed E-state index contributed by atoms with van der Waals surface area (Å²) in [7, 11) is 0. The van der Waals surface area contributed by atoms with Gasteiger partial charge in [0.15, 0.2) is 0 Å². The Morgan fingerprint density at radius 3 is 1.96 bits per heavy atom. The van der Waals surface area contributed by atoms with E-state index in [-0.39, 0.29) is 5.41 Å². The van der Waals surface area contributed by atoms with Crippen molar-refractivity contribution < 1.29 is 0 Å². The van der Waals surface area contributed by atoms with E-state index in [4.69, 9.17) is 0 Å². The molecule has 1 aliphatic carbocycles. The normalized spacial score (nSPS) is 14.6. The standard InChI is InChI=1S/C27H20/c1-27(2)23-14-8-7-13-22(23)25-20-11-5-3-9-17(20)15-19-16-18-10-4-6-12-21(18)26(27)24(19)25/h3-16H,1-2H3. The van der Waals surface area contributed by atoms with Crippen molar-refractivity contribution in [3.63, 3.8) is 0 Å². The van der Waals surface area contributed by atoms with E-state index in [2.05, 4.69) is 98.8 Å². The minimum atomic E-state index is -0.0365. The van der Waals surface area contributed by atoms with Gasteiger partial charge in [-0.2, -0.15) is 0 Å². The Morgan fingerprint density at radius 2 is 1.19 bits per heavy atom. The Balaban J connectivity index is 2.01. The summed E-state index contributed by atoms with van der Waals surface area (Å²) in [5.74, 6) is 0. The van der Waals surface area contributed by atoms with Crippen molar-refractivity contribution in [1.29, 1.82) is 0 Å². The molecule has 0 saturated heterocycles. The number of rotatable bonds is 0. The highest BCUT2D eigenvalue weighted by Gasteiger charge is 2.35. The molecule has 1 aliphatic rings. The quantitative estimate of drug-likeness (QED) is 0.256. The van der Waals surface area contributed by atoms with Crippen LogP contribution in [0.5, 0.6) is 0 Å². The van der Waals surface area contributed by atoms with Gasteiger partial charge in [0, 0.05) is 5.41 Å². The van der Waals surface area contributed by atoms with Gasteiger partial charge in [0.05, 0.1) is 0 Å². The Labute approximate surface area is 159 Å². The van der Waals surface area contributed by atoms with E-state index >= 15 is 0 Å². The molecule has 0 heterocycles. The summed E-state index contributed by atoms with van der Waals surface area (Å²) in [5, 5.41) is 8.14. The summed E-state index contributed by atoms with van der Waals surface area (Å²) in [4.78, 5) is 0. The summed E-state index contributed by atoms with van der Waals surface area (Å²) in [6.07, 6.45) is 0. The van der Waals surface area contributed by atoms with Crippen LogP contribution in [-0.4, -0.2) is 0 Å². The summed E-state index contributed by atoms with van der Waals surface area (Å²) in [6, 6.07) is 31.4. The van der Waals surface area contributed by atoms with Crippen LogP contribution in [0.25, 0.3) is 43.4 Å². The average molecular weight is 344 g/mol. The lowest BCUT2D eigenvalue weighted by molar-refractivity contribution is 0.651. The number of benzene rings is 5. The average Bonchev–Trinajstić information content (AvgIpc) is 2.69. The first kappa shape index (κ1) is 15.0.